The molecule has 0 fully saturated rings. The van der Waals surface area contributed by atoms with E-state index in [0.29, 0.717) is 0 Å². The van der Waals surface area contributed by atoms with E-state index in [0.717, 1.165) is 0 Å². The zero-order chi connectivity index (χ0) is 15.1. The fourth-order valence-electron chi connectivity index (χ4n) is 3.33. The Morgan fingerprint density at radius 2 is 1.14 bits per heavy atom. The Bertz CT molecular complexity index is 993. The highest BCUT2D eigenvalue weighted by molar-refractivity contribution is 6.01. The second-order valence-corrected chi connectivity index (χ2v) is 5.99. The van der Waals surface area contributed by atoms with E-state index in [1.807, 2.05) is 0 Å². The lowest BCUT2D eigenvalue weighted by atomic mass is 9.91. The fraction of sp³-hybridized carbons (Fsp3) is 0.0909. The third-order valence-electron chi connectivity index (χ3n) is 4.52. The minimum absolute atomic E-state index is 1.30. The van der Waals surface area contributed by atoms with E-state index in [-0.39, 0.29) is 0 Å². The molecule has 0 nitrogen and oxygen atoms in total. The average molecular weight is 282 g/mol. The second-order valence-electron chi connectivity index (χ2n) is 5.99. The van der Waals surface area contributed by atoms with Crippen molar-refractivity contribution in [3.8, 4) is 11.1 Å². The monoisotopic (exact) mass is 282 g/mol. The van der Waals surface area contributed by atoms with Crippen LogP contribution in [0.3, 0.4) is 0 Å². The largest absolute Gasteiger partial charge is 0.0616 e. The molecular formula is C22H18. The number of hydrogen-bond acceptors (Lipinski definition) is 0. The molecule has 0 aliphatic rings. The first-order chi connectivity index (χ1) is 10.7. The Balaban J connectivity index is 2.07. The number of aryl methyl sites for hydroxylation is 2. The number of hydrogen-bond donors (Lipinski definition) is 0. The lowest BCUT2D eigenvalue weighted by Gasteiger charge is -2.13. The summed E-state index contributed by atoms with van der Waals surface area (Å²) in [5, 5.41) is 5.28. The van der Waals surface area contributed by atoms with Crippen LogP contribution in [0, 0.1) is 13.8 Å². The highest BCUT2D eigenvalue weighted by Crippen LogP contribution is 2.34. The van der Waals surface area contributed by atoms with Gasteiger partial charge in [-0.25, -0.2) is 0 Å². The molecule has 4 aromatic rings. The van der Waals surface area contributed by atoms with E-state index in [1.54, 1.807) is 0 Å². The van der Waals surface area contributed by atoms with Gasteiger partial charge < -0.3 is 0 Å². The van der Waals surface area contributed by atoms with Crippen LogP contribution in [0.15, 0.2) is 72.8 Å². The molecule has 0 aromatic heterocycles. The van der Waals surface area contributed by atoms with Crippen molar-refractivity contribution in [3.05, 3.63) is 83.9 Å². The normalized spacial score (nSPS) is 11.2. The third kappa shape index (κ3) is 2.00. The van der Waals surface area contributed by atoms with Crippen molar-refractivity contribution < 1.29 is 0 Å². The van der Waals surface area contributed by atoms with Gasteiger partial charge in [0.1, 0.15) is 0 Å². The van der Waals surface area contributed by atoms with Crippen molar-refractivity contribution in [2.75, 3.05) is 0 Å². The zero-order valence-electron chi connectivity index (χ0n) is 12.9. The van der Waals surface area contributed by atoms with Gasteiger partial charge in [-0.2, -0.15) is 0 Å². The Morgan fingerprint density at radius 3 is 1.91 bits per heavy atom. The minimum atomic E-state index is 1.30. The fourth-order valence-corrected chi connectivity index (χ4v) is 3.33. The van der Waals surface area contributed by atoms with Gasteiger partial charge in [-0.1, -0.05) is 66.7 Å². The minimum Gasteiger partial charge on any atom is -0.0616 e. The lowest BCUT2D eigenvalue weighted by Crippen LogP contribution is -1.88. The molecule has 22 heavy (non-hydrogen) atoms. The third-order valence-corrected chi connectivity index (χ3v) is 4.52. The van der Waals surface area contributed by atoms with E-state index in [1.165, 1.54) is 43.8 Å². The van der Waals surface area contributed by atoms with Crippen LogP contribution in [0.25, 0.3) is 32.7 Å². The summed E-state index contributed by atoms with van der Waals surface area (Å²) in [6.45, 7) is 4.38. The van der Waals surface area contributed by atoms with Crippen LogP contribution >= 0.6 is 0 Å². The maximum atomic E-state index is 2.32. The van der Waals surface area contributed by atoms with Gasteiger partial charge in [0.05, 0.1) is 0 Å². The number of fused-ring (bicyclic) bond motifs is 2. The first kappa shape index (κ1) is 13.1. The van der Waals surface area contributed by atoms with Crippen LogP contribution in [-0.4, -0.2) is 0 Å². The van der Waals surface area contributed by atoms with Crippen molar-refractivity contribution >= 4 is 21.5 Å². The summed E-state index contributed by atoms with van der Waals surface area (Å²) in [5.41, 5.74) is 5.31. The Labute approximate surface area is 131 Å². The molecule has 106 valence electrons. The van der Waals surface area contributed by atoms with Crippen molar-refractivity contribution in [1.29, 1.82) is 0 Å². The zero-order valence-corrected chi connectivity index (χ0v) is 12.9. The van der Waals surface area contributed by atoms with Crippen LogP contribution in [0.2, 0.25) is 0 Å². The van der Waals surface area contributed by atoms with Crippen LogP contribution in [-0.2, 0) is 0 Å². The van der Waals surface area contributed by atoms with Gasteiger partial charge in [0.25, 0.3) is 0 Å². The van der Waals surface area contributed by atoms with Gasteiger partial charge in [-0.15, -0.1) is 0 Å². The predicted molar refractivity (Wildman–Crippen MR) is 96.4 cm³/mol. The van der Waals surface area contributed by atoms with Crippen LogP contribution < -0.4 is 0 Å². The lowest BCUT2D eigenvalue weighted by molar-refractivity contribution is 1.48. The molecule has 4 rings (SSSR count). The van der Waals surface area contributed by atoms with Crippen LogP contribution in [0.1, 0.15) is 11.1 Å². The molecule has 0 spiro atoms. The van der Waals surface area contributed by atoms with Gasteiger partial charge in [0, 0.05) is 0 Å². The van der Waals surface area contributed by atoms with E-state index in [2.05, 4.69) is 86.6 Å². The summed E-state index contributed by atoms with van der Waals surface area (Å²) in [5.74, 6) is 0. The van der Waals surface area contributed by atoms with Gasteiger partial charge >= 0.3 is 0 Å². The Hall–Kier alpha value is -2.60. The first-order valence-corrected chi connectivity index (χ1v) is 7.72. The quantitative estimate of drug-likeness (QED) is 0.385. The summed E-state index contributed by atoms with van der Waals surface area (Å²) >= 11 is 0. The smallest absolute Gasteiger partial charge is 0.0102 e. The molecular weight excluding hydrogens is 264 g/mol. The average Bonchev–Trinajstić information content (AvgIpc) is 2.55. The molecule has 0 saturated carbocycles. The SMILES string of the molecule is Cc1cc2ccccc2cc1-c1ccc(C)c2ccccc12. The molecule has 0 atom stereocenters. The topological polar surface area (TPSA) is 0 Å². The maximum Gasteiger partial charge on any atom is -0.0102 e. The summed E-state index contributed by atoms with van der Waals surface area (Å²) in [6, 6.07) is 26.4. The molecule has 0 heterocycles. The van der Waals surface area contributed by atoms with Crippen LogP contribution in [0.5, 0.6) is 0 Å². The van der Waals surface area contributed by atoms with Gasteiger partial charge in [-0.3, -0.25) is 0 Å². The first-order valence-electron chi connectivity index (χ1n) is 7.72. The highest BCUT2D eigenvalue weighted by Gasteiger charge is 2.09. The molecule has 0 bridgehead atoms. The predicted octanol–water partition coefficient (Wildman–Crippen LogP) is 6.28. The van der Waals surface area contributed by atoms with E-state index < -0.39 is 0 Å². The highest BCUT2D eigenvalue weighted by atomic mass is 14.1. The summed E-state index contributed by atoms with van der Waals surface area (Å²) in [7, 11) is 0. The van der Waals surface area contributed by atoms with E-state index >= 15 is 0 Å². The maximum absolute atomic E-state index is 2.32. The molecule has 4 aromatic carbocycles. The summed E-state index contributed by atoms with van der Waals surface area (Å²) < 4.78 is 0. The molecule has 0 N–H and O–H groups in total. The molecule has 0 saturated heterocycles. The Morgan fingerprint density at radius 1 is 0.500 bits per heavy atom. The standard InChI is InChI=1S/C22H18/c1-15-11-12-21(20-10-6-5-9-19(15)20)22-14-18-8-4-3-7-17(18)13-16(22)2/h3-14H,1-2H3. The van der Waals surface area contributed by atoms with Crippen molar-refractivity contribution in [3.63, 3.8) is 0 Å². The van der Waals surface area contributed by atoms with Crippen molar-refractivity contribution in [1.82, 2.24) is 0 Å². The molecule has 0 amide bonds. The van der Waals surface area contributed by atoms with Gasteiger partial charge in [-0.05, 0) is 63.7 Å². The number of benzene rings is 4. The second kappa shape index (κ2) is 4.99. The van der Waals surface area contributed by atoms with Crippen molar-refractivity contribution in [2.45, 2.75) is 13.8 Å². The Kier molecular flexibility index (Phi) is 2.97. The van der Waals surface area contributed by atoms with Crippen molar-refractivity contribution in [2.24, 2.45) is 0 Å². The molecule has 0 aliphatic heterocycles. The summed E-state index contributed by atoms with van der Waals surface area (Å²) in [4.78, 5) is 0. The number of rotatable bonds is 1. The van der Waals surface area contributed by atoms with Gasteiger partial charge in [0.2, 0.25) is 0 Å². The van der Waals surface area contributed by atoms with E-state index in [9.17, 15) is 0 Å². The molecule has 0 aliphatic carbocycles. The summed E-state index contributed by atoms with van der Waals surface area (Å²) in [6.07, 6.45) is 0. The van der Waals surface area contributed by atoms with Gasteiger partial charge in [0.15, 0.2) is 0 Å². The van der Waals surface area contributed by atoms with Crippen LogP contribution in [0.4, 0.5) is 0 Å². The molecule has 0 radical (unpaired) electrons. The van der Waals surface area contributed by atoms with E-state index in [4.69, 9.17) is 0 Å². The molecule has 0 unspecified atom stereocenters. The molecule has 0 heteroatoms.